The molecular weight excluding hydrogens is 400 g/mol. The summed E-state index contributed by atoms with van der Waals surface area (Å²) in [6.45, 7) is 6.40. The van der Waals surface area contributed by atoms with E-state index >= 15 is 0 Å². The quantitative estimate of drug-likeness (QED) is 0.613. The molecule has 0 aliphatic carbocycles. The molecule has 0 radical (unpaired) electrons. The third kappa shape index (κ3) is 6.49. The number of hydrogen-bond acceptors (Lipinski definition) is 4. The second kappa shape index (κ2) is 10.5. The van der Waals surface area contributed by atoms with E-state index in [-0.39, 0.29) is 24.9 Å². The number of hydrogen-bond donors (Lipinski definition) is 1. The number of rotatable bonds is 10. The molecule has 2 aromatic rings. The van der Waals surface area contributed by atoms with Crippen LogP contribution in [0.2, 0.25) is 0 Å². The molecule has 0 fully saturated rings. The molecule has 0 aliphatic heterocycles. The Morgan fingerprint density at radius 1 is 1.10 bits per heavy atom. The number of benzene rings is 2. The van der Waals surface area contributed by atoms with Crippen molar-refractivity contribution in [1.29, 1.82) is 0 Å². The molecule has 2 rings (SSSR count). The normalized spacial score (nSPS) is 12.3. The van der Waals surface area contributed by atoms with E-state index in [4.69, 9.17) is 4.74 Å². The maximum atomic E-state index is 12.5. The highest BCUT2D eigenvalue weighted by Gasteiger charge is 2.19. The van der Waals surface area contributed by atoms with Crippen molar-refractivity contribution in [2.75, 3.05) is 24.2 Å². The second-order valence-electron chi connectivity index (χ2n) is 7.51. The molecule has 2 aromatic carbocycles. The van der Waals surface area contributed by atoms with Gasteiger partial charge in [0.05, 0.1) is 25.1 Å². The molecule has 30 heavy (non-hydrogen) atoms. The molecule has 7 heteroatoms. The van der Waals surface area contributed by atoms with Gasteiger partial charge >= 0.3 is 0 Å². The van der Waals surface area contributed by atoms with Crippen LogP contribution in [0.1, 0.15) is 48.9 Å². The summed E-state index contributed by atoms with van der Waals surface area (Å²) in [5.74, 6) is 0.576. The van der Waals surface area contributed by atoms with Crippen molar-refractivity contribution in [3.63, 3.8) is 0 Å². The monoisotopic (exact) mass is 432 g/mol. The fourth-order valence-corrected chi connectivity index (χ4v) is 4.25. The number of methoxy groups -OCH3 is 1. The maximum Gasteiger partial charge on any atom is 0.232 e. The Kier molecular flexibility index (Phi) is 8.29. The number of carbonyl (C=O) groups is 1. The number of nitrogens with one attached hydrogen (secondary N) is 1. The lowest BCUT2D eigenvalue weighted by molar-refractivity contribution is -0.121. The molecule has 0 aromatic heterocycles. The summed E-state index contributed by atoms with van der Waals surface area (Å²) < 4.78 is 30.9. The molecule has 0 spiro atoms. The van der Waals surface area contributed by atoms with Crippen molar-refractivity contribution in [3.8, 4) is 5.75 Å². The van der Waals surface area contributed by atoms with Crippen molar-refractivity contribution in [3.05, 3.63) is 59.2 Å². The average molecular weight is 433 g/mol. The van der Waals surface area contributed by atoms with Crippen molar-refractivity contribution in [2.45, 2.75) is 46.1 Å². The Morgan fingerprint density at radius 2 is 1.77 bits per heavy atom. The zero-order valence-corrected chi connectivity index (χ0v) is 19.3. The molecule has 1 N–H and O–H groups in total. The summed E-state index contributed by atoms with van der Waals surface area (Å²) in [4.78, 5) is 12.5. The molecule has 1 amide bonds. The second-order valence-corrected chi connectivity index (χ2v) is 9.42. The van der Waals surface area contributed by atoms with Crippen molar-refractivity contribution in [1.82, 2.24) is 5.32 Å². The third-order valence-corrected chi connectivity index (χ3v) is 6.40. The molecule has 1 atom stereocenters. The number of anilines is 1. The summed E-state index contributed by atoms with van der Waals surface area (Å²) in [6.07, 6.45) is 2.64. The smallest absolute Gasteiger partial charge is 0.232 e. The number of amides is 1. The van der Waals surface area contributed by atoms with E-state index in [0.29, 0.717) is 17.9 Å². The molecule has 0 aliphatic rings. The standard InChI is InChI=1S/C23H32N2O4S/c1-6-22(19-10-9-17(2)18(3)16-19)24-23(26)8-7-15-25(30(5,27)28)20-11-13-21(29-4)14-12-20/h9-14,16,22H,6-8,15H2,1-5H3,(H,24,26)/t22-/m0/s1. The first-order valence-electron chi connectivity index (χ1n) is 10.1. The lowest BCUT2D eigenvalue weighted by Gasteiger charge is -2.23. The van der Waals surface area contributed by atoms with Gasteiger partial charge in [0.2, 0.25) is 15.9 Å². The Balaban J connectivity index is 1.98. The van der Waals surface area contributed by atoms with Gasteiger partial charge in [-0.05, 0) is 67.6 Å². The topological polar surface area (TPSA) is 75.7 Å². The zero-order valence-electron chi connectivity index (χ0n) is 18.4. The van der Waals surface area contributed by atoms with Gasteiger partial charge in [-0.2, -0.15) is 0 Å². The van der Waals surface area contributed by atoms with Gasteiger partial charge in [-0.15, -0.1) is 0 Å². The molecule has 164 valence electrons. The van der Waals surface area contributed by atoms with Gasteiger partial charge in [-0.3, -0.25) is 9.10 Å². The van der Waals surface area contributed by atoms with E-state index in [1.54, 1.807) is 31.4 Å². The predicted octanol–water partition coefficient (Wildman–Crippen LogP) is 4.13. The van der Waals surface area contributed by atoms with E-state index < -0.39 is 10.0 Å². The largest absolute Gasteiger partial charge is 0.497 e. The molecule has 0 unspecified atom stereocenters. The number of carbonyl (C=O) groups excluding carboxylic acids is 1. The minimum absolute atomic E-state index is 0.0515. The van der Waals surface area contributed by atoms with Crippen molar-refractivity contribution < 1.29 is 17.9 Å². The third-order valence-electron chi connectivity index (χ3n) is 5.20. The lowest BCUT2D eigenvalue weighted by Crippen LogP contribution is -2.33. The Bertz CT molecular complexity index is 956. The Labute approximate surface area is 180 Å². The number of sulfonamides is 1. The van der Waals surface area contributed by atoms with Gasteiger partial charge in [0.1, 0.15) is 5.75 Å². The number of ether oxygens (including phenoxy) is 1. The summed E-state index contributed by atoms with van der Waals surface area (Å²) in [6, 6.07) is 13.0. The summed E-state index contributed by atoms with van der Waals surface area (Å²) in [5, 5.41) is 3.07. The van der Waals surface area contributed by atoms with E-state index in [1.807, 2.05) is 13.0 Å². The highest BCUT2D eigenvalue weighted by atomic mass is 32.2. The summed E-state index contributed by atoms with van der Waals surface area (Å²) in [5.41, 5.74) is 4.06. The molecule has 0 bridgehead atoms. The van der Waals surface area contributed by atoms with Crippen LogP contribution in [0.25, 0.3) is 0 Å². The maximum absolute atomic E-state index is 12.5. The van der Waals surface area contributed by atoms with Crippen LogP contribution >= 0.6 is 0 Å². The first-order valence-corrected chi connectivity index (χ1v) is 12.0. The lowest BCUT2D eigenvalue weighted by atomic mass is 9.99. The van der Waals surface area contributed by atoms with Gasteiger partial charge in [0.15, 0.2) is 0 Å². The van der Waals surface area contributed by atoms with E-state index in [1.165, 1.54) is 21.7 Å². The first-order chi connectivity index (χ1) is 14.2. The van der Waals surface area contributed by atoms with Crippen LogP contribution in [0.15, 0.2) is 42.5 Å². The van der Waals surface area contributed by atoms with E-state index in [0.717, 1.165) is 12.0 Å². The number of nitrogens with zero attached hydrogens (tertiary/aromatic N) is 1. The van der Waals surface area contributed by atoms with Crippen LogP contribution in [0.5, 0.6) is 5.75 Å². The molecular formula is C23H32N2O4S. The van der Waals surface area contributed by atoms with Crippen LogP contribution in [-0.2, 0) is 14.8 Å². The summed E-state index contributed by atoms with van der Waals surface area (Å²) >= 11 is 0. The van der Waals surface area contributed by atoms with Gasteiger partial charge in [-0.25, -0.2) is 8.42 Å². The first kappa shape index (κ1) is 23.7. The van der Waals surface area contributed by atoms with Crippen LogP contribution < -0.4 is 14.4 Å². The van der Waals surface area contributed by atoms with Gasteiger partial charge in [0.25, 0.3) is 0 Å². The minimum Gasteiger partial charge on any atom is -0.497 e. The Morgan fingerprint density at radius 3 is 2.30 bits per heavy atom. The average Bonchev–Trinajstić information content (AvgIpc) is 2.71. The minimum atomic E-state index is -3.45. The van der Waals surface area contributed by atoms with Crippen molar-refractivity contribution >= 4 is 21.6 Å². The fourth-order valence-electron chi connectivity index (χ4n) is 3.29. The van der Waals surface area contributed by atoms with Crippen LogP contribution in [0.4, 0.5) is 5.69 Å². The Hall–Kier alpha value is -2.54. The van der Waals surface area contributed by atoms with Crippen LogP contribution in [-0.4, -0.2) is 34.2 Å². The molecule has 0 heterocycles. The fraction of sp³-hybridized carbons (Fsp3) is 0.435. The van der Waals surface area contributed by atoms with Crippen molar-refractivity contribution in [2.24, 2.45) is 0 Å². The van der Waals surface area contributed by atoms with Crippen LogP contribution in [0.3, 0.4) is 0 Å². The predicted molar refractivity (Wildman–Crippen MR) is 122 cm³/mol. The SMILES string of the molecule is CC[C@H](NC(=O)CCCN(c1ccc(OC)cc1)S(C)(=O)=O)c1ccc(C)c(C)c1. The molecule has 0 saturated carbocycles. The van der Waals surface area contributed by atoms with E-state index in [9.17, 15) is 13.2 Å². The van der Waals surface area contributed by atoms with E-state index in [2.05, 4.69) is 31.3 Å². The van der Waals surface area contributed by atoms with Gasteiger partial charge < -0.3 is 10.1 Å². The van der Waals surface area contributed by atoms with Crippen LogP contribution in [0, 0.1) is 13.8 Å². The molecule has 0 saturated heterocycles. The number of aryl methyl sites for hydroxylation is 2. The van der Waals surface area contributed by atoms with Gasteiger partial charge in [-0.1, -0.05) is 25.1 Å². The highest BCUT2D eigenvalue weighted by molar-refractivity contribution is 7.92. The zero-order chi connectivity index (χ0) is 22.3. The van der Waals surface area contributed by atoms with Gasteiger partial charge in [0, 0.05) is 13.0 Å². The highest BCUT2D eigenvalue weighted by Crippen LogP contribution is 2.23. The molecule has 6 nitrogen and oxygen atoms in total. The summed E-state index contributed by atoms with van der Waals surface area (Å²) in [7, 11) is -1.90.